The van der Waals surface area contributed by atoms with Gasteiger partial charge >= 0.3 is 0 Å². The predicted molar refractivity (Wildman–Crippen MR) is 67.0 cm³/mol. The van der Waals surface area contributed by atoms with Crippen LogP contribution in [-0.4, -0.2) is 30.4 Å². The summed E-state index contributed by atoms with van der Waals surface area (Å²) in [5.41, 5.74) is 5.76. The highest BCUT2D eigenvalue weighted by molar-refractivity contribution is 5.78. The van der Waals surface area contributed by atoms with Gasteiger partial charge in [0.25, 0.3) is 0 Å². The zero-order valence-electron chi connectivity index (χ0n) is 11.1. The molecule has 3 heteroatoms. The Morgan fingerprint density at radius 3 is 2.50 bits per heavy atom. The smallest absolute Gasteiger partial charge is 0.225 e. The summed E-state index contributed by atoms with van der Waals surface area (Å²) in [5.74, 6) is 1.31. The van der Waals surface area contributed by atoms with E-state index in [0.29, 0.717) is 24.4 Å². The number of carbonyl (C=O) groups excluding carboxylic acids is 1. The molecule has 1 aliphatic carbocycles. The van der Waals surface area contributed by atoms with E-state index >= 15 is 0 Å². The first kappa shape index (κ1) is 13.5. The molecule has 0 bridgehead atoms. The van der Waals surface area contributed by atoms with Gasteiger partial charge in [0.05, 0.1) is 0 Å². The molecular formula is C13H26N2O. The highest BCUT2D eigenvalue weighted by atomic mass is 16.2. The fourth-order valence-corrected chi connectivity index (χ4v) is 2.57. The van der Waals surface area contributed by atoms with Gasteiger partial charge in [-0.05, 0) is 31.2 Å². The maximum Gasteiger partial charge on any atom is 0.225 e. The van der Waals surface area contributed by atoms with E-state index in [2.05, 4.69) is 13.8 Å². The third-order valence-electron chi connectivity index (χ3n) is 4.16. The Morgan fingerprint density at radius 2 is 2.00 bits per heavy atom. The van der Waals surface area contributed by atoms with Gasteiger partial charge in [-0.25, -0.2) is 0 Å². The Bertz CT molecular complexity index is 240. The Kier molecular flexibility index (Phi) is 4.78. The summed E-state index contributed by atoms with van der Waals surface area (Å²) in [6.07, 6.45) is 3.50. The lowest BCUT2D eigenvalue weighted by Crippen LogP contribution is -2.44. The fraction of sp³-hybridized carbons (Fsp3) is 0.923. The van der Waals surface area contributed by atoms with Gasteiger partial charge in [-0.3, -0.25) is 4.79 Å². The van der Waals surface area contributed by atoms with Crippen molar-refractivity contribution in [3.8, 4) is 0 Å². The molecule has 3 nitrogen and oxygen atoms in total. The molecule has 2 N–H and O–H groups in total. The molecule has 1 amide bonds. The summed E-state index contributed by atoms with van der Waals surface area (Å²) >= 11 is 0. The number of nitrogens with two attached hydrogens (primary N) is 1. The van der Waals surface area contributed by atoms with E-state index < -0.39 is 0 Å². The number of nitrogens with zero attached hydrogens (tertiary/aromatic N) is 1. The third-order valence-corrected chi connectivity index (χ3v) is 4.16. The lowest BCUT2D eigenvalue weighted by molar-refractivity contribution is -0.137. The molecule has 3 atom stereocenters. The molecule has 16 heavy (non-hydrogen) atoms. The van der Waals surface area contributed by atoms with Gasteiger partial charge in [0.1, 0.15) is 0 Å². The summed E-state index contributed by atoms with van der Waals surface area (Å²) in [5, 5.41) is 0. The van der Waals surface area contributed by atoms with Crippen LogP contribution in [0.25, 0.3) is 0 Å². The van der Waals surface area contributed by atoms with Crippen molar-refractivity contribution in [2.24, 2.45) is 23.5 Å². The summed E-state index contributed by atoms with van der Waals surface area (Å²) in [7, 11) is 1.94. The molecule has 0 saturated heterocycles. The topological polar surface area (TPSA) is 46.3 Å². The quantitative estimate of drug-likeness (QED) is 0.795. The lowest BCUT2D eigenvalue weighted by atomic mass is 9.94. The SMILES string of the molecule is CC(C)C(C)C(=O)N(C)C1CCCC1CN. The number of hydrogen-bond acceptors (Lipinski definition) is 2. The van der Waals surface area contributed by atoms with E-state index in [1.54, 1.807) is 0 Å². The van der Waals surface area contributed by atoms with E-state index in [0.717, 1.165) is 6.42 Å². The van der Waals surface area contributed by atoms with E-state index in [1.165, 1.54) is 12.8 Å². The summed E-state index contributed by atoms with van der Waals surface area (Å²) in [6.45, 7) is 6.94. The Labute approximate surface area is 99.4 Å². The predicted octanol–water partition coefficient (Wildman–Crippen LogP) is 1.86. The molecule has 0 radical (unpaired) electrons. The number of amides is 1. The van der Waals surface area contributed by atoms with Crippen LogP contribution in [0.15, 0.2) is 0 Å². The first-order chi connectivity index (χ1) is 7.49. The van der Waals surface area contributed by atoms with Crippen molar-refractivity contribution < 1.29 is 4.79 Å². The molecule has 0 aromatic carbocycles. The first-order valence-corrected chi connectivity index (χ1v) is 6.45. The van der Waals surface area contributed by atoms with Crippen molar-refractivity contribution in [2.45, 2.75) is 46.1 Å². The van der Waals surface area contributed by atoms with Crippen LogP contribution in [0.5, 0.6) is 0 Å². The Morgan fingerprint density at radius 1 is 1.38 bits per heavy atom. The molecule has 0 spiro atoms. The Balaban J connectivity index is 2.62. The maximum absolute atomic E-state index is 12.2. The van der Waals surface area contributed by atoms with Crippen molar-refractivity contribution >= 4 is 5.91 Å². The zero-order chi connectivity index (χ0) is 12.3. The van der Waals surface area contributed by atoms with Crippen LogP contribution in [0.2, 0.25) is 0 Å². The van der Waals surface area contributed by atoms with Gasteiger partial charge in [0, 0.05) is 19.0 Å². The molecule has 1 saturated carbocycles. The second-order valence-electron chi connectivity index (χ2n) is 5.48. The molecule has 94 valence electrons. The van der Waals surface area contributed by atoms with E-state index in [9.17, 15) is 4.79 Å². The van der Waals surface area contributed by atoms with Crippen LogP contribution in [-0.2, 0) is 4.79 Å². The van der Waals surface area contributed by atoms with Gasteiger partial charge in [-0.2, -0.15) is 0 Å². The summed E-state index contributed by atoms with van der Waals surface area (Å²) < 4.78 is 0. The second kappa shape index (κ2) is 5.67. The van der Waals surface area contributed by atoms with E-state index in [-0.39, 0.29) is 11.8 Å². The molecule has 0 aliphatic heterocycles. The van der Waals surface area contributed by atoms with Crippen LogP contribution >= 0.6 is 0 Å². The van der Waals surface area contributed by atoms with E-state index in [4.69, 9.17) is 5.73 Å². The first-order valence-electron chi connectivity index (χ1n) is 6.45. The molecule has 0 aromatic heterocycles. The molecule has 1 aliphatic rings. The third kappa shape index (κ3) is 2.76. The molecule has 0 aromatic rings. The Hall–Kier alpha value is -0.570. The van der Waals surface area contributed by atoms with Gasteiger partial charge in [0.15, 0.2) is 0 Å². The van der Waals surface area contributed by atoms with Crippen LogP contribution in [0, 0.1) is 17.8 Å². The minimum atomic E-state index is 0.115. The number of rotatable bonds is 4. The van der Waals surface area contributed by atoms with Crippen molar-refractivity contribution in [3.63, 3.8) is 0 Å². The van der Waals surface area contributed by atoms with Crippen LogP contribution < -0.4 is 5.73 Å². The van der Waals surface area contributed by atoms with Crippen molar-refractivity contribution in [2.75, 3.05) is 13.6 Å². The van der Waals surface area contributed by atoms with Crippen molar-refractivity contribution in [3.05, 3.63) is 0 Å². The zero-order valence-corrected chi connectivity index (χ0v) is 11.1. The maximum atomic E-state index is 12.2. The summed E-state index contributed by atoms with van der Waals surface area (Å²) in [6, 6.07) is 0.374. The van der Waals surface area contributed by atoms with E-state index in [1.807, 2.05) is 18.9 Å². The van der Waals surface area contributed by atoms with Crippen LogP contribution in [0.4, 0.5) is 0 Å². The average molecular weight is 226 g/mol. The van der Waals surface area contributed by atoms with Gasteiger partial charge in [-0.15, -0.1) is 0 Å². The monoisotopic (exact) mass is 226 g/mol. The fourth-order valence-electron chi connectivity index (χ4n) is 2.57. The van der Waals surface area contributed by atoms with Gasteiger partial charge < -0.3 is 10.6 Å². The van der Waals surface area contributed by atoms with Gasteiger partial charge in [-0.1, -0.05) is 27.2 Å². The normalized spacial score (nSPS) is 27.1. The largest absolute Gasteiger partial charge is 0.342 e. The molecule has 0 heterocycles. The van der Waals surface area contributed by atoms with Gasteiger partial charge in [0.2, 0.25) is 5.91 Å². The minimum absolute atomic E-state index is 0.115. The number of hydrogen-bond donors (Lipinski definition) is 1. The molecule has 1 fully saturated rings. The standard InChI is InChI=1S/C13H26N2O/c1-9(2)10(3)13(16)15(4)12-7-5-6-11(12)8-14/h9-12H,5-8,14H2,1-4H3. The highest BCUT2D eigenvalue weighted by Crippen LogP contribution is 2.29. The number of carbonyl (C=O) groups is 1. The molecule has 3 unspecified atom stereocenters. The molecular weight excluding hydrogens is 200 g/mol. The van der Waals surface area contributed by atoms with Crippen LogP contribution in [0.3, 0.4) is 0 Å². The average Bonchev–Trinajstić information content (AvgIpc) is 2.73. The molecule has 1 rings (SSSR count). The van der Waals surface area contributed by atoms with Crippen LogP contribution in [0.1, 0.15) is 40.0 Å². The lowest BCUT2D eigenvalue weighted by Gasteiger charge is -2.32. The minimum Gasteiger partial charge on any atom is -0.342 e. The highest BCUT2D eigenvalue weighted by Gasteiger charge is 2.33. The van der Waals surface area contributed by atoms with Crippen molar-refractivity contribution in [1.82, 2.24) is 4.90 Å². The van der Waals surface area contributed by atoms with Crippen molar-refractivity contribution in [1.29, 1.82) is 0 Å². The summed E-state index contributed by atoms with van der Waals surface area (Å²) in [4.78, 5) is 14.2. The second-order valence-corrected chi connectivity index (χ2v) is 5.48.